The number of piperazine rings is 1. The maximum Gasteiger partial charge on any atom is 0.264 e. The third-order valence-electron chi connectivity index (χ3n) is 5.36. The van der Waals surface area contributed by atoms with Crippen LogP contribution in [-0.2, 0) is 7.05 Å². The lowest BCUT2D eigenvalue weighted by molar-refractivity contribution is 0.313. The van der Waals surface area contributed by atoms with Crippen molar-refractivity contribution in [3.63, 3.8) is 0 Å². The lowest BCUT2D eigenvalue weighted by atomic mass is 10.1. The Morgan fingerprint density at radius 3 is 2.38 bits per heavy atom. The molecule has 7 heteroatoms. The summed E-state index contributed by atoms with van der Waals surface area (Å²) < 4.78 is 1.49. The average Bonchev–Trinajstić information content (AvgIpc) is 2.71. The molecule has 0 spiro atoms. The first-order chi connectivity index (χ1) is 13.9. The number of fused-ring (bicyclic) bond motifs is 1. The molecule has 3 heterocycles. The summed E-state index contributed by atoms with van der Waals surface area (Å²) in [4.78, 5) is 26.7. The summed E-state index contributed by atoms with van der Waals surface area (Å²) >= 11 is 0. The molecule has 0 atom stereocenters. The first-order valence-electron chi connectivity index (χ1n) is 10.1. The van der Waals surface area contributed by atoms with Crippen LogP contribution in [0.2, 0.25) is 0 Å². The van der Waals surface area contributed by atoms with Gasteiger partial charge in [-0.05, 0) is 39.1 Å². The average molecular weight is 393 g/mol. The van der Waals surface area contributed by atoms with Gasteiger partial charge in [0.2, 0.25) is 0 Å². The molecule has 0 unspecified atom stereocenters. The molecule has 1 aromatic carbocycles. The second kappa shape index (κ2) is 7.83. The van der Waals surface area contributed by atoms with Gasteiger partial charge in [0.1, 0.15) is 11.2 Å². The highest BCUT2D eigenvalue weighted by Crippen LogP contribution is 2.27. The third kappa shape index (κ3) is 3.96. The van der Waals surface area contributed by atoms with Gasteiger partial charge in [0.15, 0.2) is 0 Å². The van der Waals surface area contributed by atoms with Gasteiger partial charge < -0.3 is 19.7 Å². The lowest BCUT2D eigenvalue weighted by Crippen LogP contribution is -2.44. The van der Waals surface area contributed by atoms with Gasteiger partial charge in [-0.2, -0.15) is 0 Å². The lowest BCUT2D eigenvalue weighted by Gasteiger charge is -2.34. The van der Waals surface area contributed by atoms with E-state index in [9.17, 15) is 4.79 Å². The molecule has 7 nitrogen and oxygen atoms in total. The number of hydrogen-bond acceptors (Lipinski definition) is 6. The molecule has 1 aliphatic rings. The van der Waals surface area contributed by atoms with E-state index in [2.05, 4.69) is 51.4 Å². The Balaban J connectivity index is 1.72. The number of likely N-dealkylation sites (N-methyl/N-ethyl adjacent to an activating group) is 1. The van der Waals surface area contributed by atoms with Gasteiger partial charge in [-0.25, -0.2) is 9.97 Å². The molecule has 3 aromatic rings. The highest BCUT2D eigenvalue weighted by atomic mass is 16.1. The Bertz CT molecular complexity index is 1070. The number of pyridine rings is 1. The first kappa shape index (κ1) is 19.4. The number of nitrogens with zero attached hydrogens (tertiary/aromatic N) is 5. The number of nitrogens with one attached hydrogen (secondary N) is 1. The highest BCUT2D eigenvalue weighted by molar-refractivity contribution is 5.91. The number of hydrogen-bond donors (Lipinski definition) is 1. The molecular formula is C22H28N6O. The van der Waals surface area contributed by atoms with E-state index in [4.69, 9.17) is 4.98 Å². The molecule has 152 valence electrons. The van der Waals surface area contributed by atoms with Crippen LogP contribution in [0.25, 0.3) is 22.2 Å². The molecule has 1 aliphatic heterocycles. The van der Waals surface area contributed by atoms with Crippen molar-refractivity contribution in [3.05, 3.63) is 47.0 Å². The minimum atomic E-state index is -0.0948. The smallest absolute Gasteiger partial charge is 0.264 e. The summed E-state index contributed by atoms with van der Waals surface area (Å²) in [5.41, 5.74) is 3.62. The van der Waals surface area contributed by atoms with Crippen LogP contribution in [0.5, 0.6) is 0 Å². The minimum absolute atomic E-state index is 0.0948. The second-order valence-corrected chi connectivity index (χ2v) is 8.05. The number of aromatic nitrogens is 3. The number of benzene rings is 1. The van der Waals surface area contributed by atoms with Gasteiger partial charge in [-0.15, -0.1) is 0 Å². The fourth-order valence-electron chi connectivity index (χ4n) is 3.66. The highest BCUT2D eigenvalue weighted by Gasteiger charge is 2.16. The van der Waals surface area contributed by atoms with Crippen molar-refractivity contribution in [2.24, 2.45) is 7.05 Å². The SMILES string of the molecule is CC(C)Nc1nc(-c2ccc(N3CCN(C)CC3)cc2)cc2ncn(C)c(=O)c12. The van der Waals surface area contributed by atoms with Crippen molar-refractivity contribution in [2.45, 2.75) is 19.9 Å². The standard InChI is InChI=1S/C22H28N6O/c1-15(2)24-21-20-19(23-14-27(4)22(20)29)13-18(25-21)16-5-7-17(8-6-16)28-11-9-26(3)10-12-28/h5-8,13-15H,9-12H2,1-4H3,(H,24,25). The van der Waals surface area contributed by atoms with E-state index in [-0.39, 0.29) is 11.6 Å². The van der Waals surface area contributed by atoms with Crippen molar-refractivity contribution in [1.29, 1.82) is 0 Å². The van der Waals surface area contributed by atoms with Crippen LogP contribution in [0.3, 0.4) is 0 Å². The van der Waals surface area contributed by atoms with Crippen molar-refractivity contribution in [2.75, 3.05) is 43.4 Å². The van der Waals surface area contributed by atoms with E-state index in [1.807, 2.05) is 19.9 Å². The Hall–Kier alpha value is -2.93. The van der Waals surface area contributed by atoms with Crippen molar-refractivity contribution < 1.29 is 0 Å². The Kier molecular flexibility index (Phi) is 5.24. The Morgan fingerprint density at radius 1 is 1.03 bits per heavy atom. The zero-order chi connectivity index (χ0) is 20.5. The van der Waals surface area contributed by atoms with Crippen LogP contribution in [0.1, 0.15) is 13.8 Å². The minimum Gasteiger partial charge on any atom is -0.369 e. The zero-order valence-corrected chi connectivity index (χ0v) is 17.5. The maximum absolute atomic E-state index is 12.7. The van der Waals surface area contributed by atoms with Crippen LogP contribution < -0.4 is 15.8 Å². The summed E-state index contributed by atoms with van der Waals surface area (Å²) in [5.74, 6) is 0.587. The zero-order valence-electron chi connectivity index (χ0n) is 17.5. The molecule has 0 aliphatic carbocycles. The van der Waals surface area contributed by atoms with E-state index < -0.39 is 0 Å². The largest absolute Gasteiger partial charge is 0.369 e. The fourth-order valence-corrected chi connectivity index (χ4v) is 3.66. The quantitative estimate of drug-likeness (QED) is 0.736. The van der Waals surface area contributed by atoms with E-state index >= 15 is 0 Å². The molecule has 1 N–H and O–H groups in total. The van der Waals surface area contributed by atoms with Gasteiger partial charge in [0.25, 0.3) is 5.56 Å². The molecular weight excluding hydrogens is 364 g/mol. The molecule has 1 fully saturated rings. The summed E-state index contributed by atoms with van der Waals surface area (Å²) in [6, 6.07) is 10.6. The number of rotatable bonds is 4. The predicted molar refractivity (Wildman–Crippen MR) is 119 cm³/mol. The second-order valence-electron chi connectivity index (χ2n) is 8.05. The van der Waals surface area contributed by atoms with Crippen molar-refractivity contribution in [1.82, 2.24) is 19.4 Å². The molecule has 4 rings (SSSR count). The Labute approximate surface area is 171 Å². The number of aryl methyl sites for hydroxylation is 1. The maximum atomic E-state index is 12.7. The van der Waals surface area contributed by atoms with Crippen LogP contribution in [0, 0.1) is 0 Å². The molecule has 29 heavy (non-hydrogen) atoms. The molecule has 0 bridgehead atoms. The van der Waals surface area contributed by atoms with Crippen LogP contribution in [-0.4, -0.2) is 58.7 Å². The number of anilines is 2. The van der Waals surface area contributed by atoms with Crippen molar-refractivity contribution in [3.8, 4) is 11.3 Å². The van der Waals surface area contributed by atoms with E-state index in [1.54, 1.807) is 13.4 Å². The van der Waals surface area contributed by atoms with Crippen LogP contribution in [0.4, 0.5) is 11.5 Å². The van der Waals surface area contributed by atoms with Gasteiger partial charge in [-0.3, -0.25) is 4.79 Å². The fraction of sp³-hybridized carbons (Fsp3) is 0.409. The van der Waals surface area contributed by atoms with Crippen LogP contribution in [0.15, 0.2) is 41.5 Å². The molecule has 0 radical (unpaired) electrons. The topological polar surface area (TPSA) is 66.3 Å². The van der Waals surface area contributed by atoms with Gasteiger partial charge in [0, 0.05) is 50.5 Å². The third-order valence-corrected chi connectivity index (χ3v) is 5.36. The molecule has 2 aromatic heterocycles. The normalized spacial score (nSPS) is 15.3. The first-order valence-corrected chi connectivity index (χ1v) is 10.1. The van der Waals surface area contributed by atoms with E-state index in [1.165, 1.54) is 10.3 Å². The van der Waals surface area contributed by atoms with Gasteiger partial charge >= 0.3 is 0 Å². The summed E-state index contributed by atoms with van der Waals surface area (Å²) in [7, 11) is 3.87. The van der Waals surface area contributed by atoms with E-state index in [0.29, 0.717) is 16.7 Å². The summed E-state index contributed by atoms with van der Waals surface area (Å²) in [6.45, 7) is 8.31. The van der Waals surface area contributed by atoms with E-state index in [0.717, 1.165) is 37.4 Å². The monoisotopic (exact) mass is 392 g/mol. The van der Waals surface area contributed by atoms with Gasteiger partial charge in [-0.1, -0.05) is 12.1 Å². The van der Waals surface area contributed by atoms with Crippen molar-refractivity contribution >= 4 is 22.4 Å². The van der Waals surface area contributed by atoms with Gasteiger partial charge in [0.05, 0.1) is 17.5 Å². The Morgan fingerprint density at radius 2 is 1.72 bits per heavy atom. The molecule has 0 saturated carbocycles. The molecule has 0 amide bonds. The summed E-state index contributed by atoms with van der Waals surface area (Å²) in [6.07, 6.45) is 1.56. The van der Waals surface area contributed by atoms with Crippen LogP contribution >= 0.6 is 0 Å². The predicted octanol–water partition coefficient (Wildman–Crippen LogP) is 2.57. The molecule has 1 saturated heterocycles. The summed E-state index contributed by atoms with van der Waals surface area (Å²) in [5, 5.41) is 3.85.